The fourth-order valence-electron chi connectivity index (χ4n) is 1.05. The van der Waals surface area contributed by atoms with Gasteiger partial charge in [0.15, 0.2) is 11.9 Å². The average Bonchev–Trinajstić information content (AvgIpc) is 2.15. The van der Waals surface area contributed by atoms with Crippen LogP contribution in [-0.2, 0) is 4.74 Å². The Morgan fingerprint density at radius 2 is 2.12 bits per heavy atom. The number of nitrogens with zero attached hydrogens (tertiary/aromatic N) is 1. The number of rotatable bonds is 2. The molecule has 0 aliphatic heterocycles. The number of amides is 1. The standard InChI is InChI=1S/C11H16N2O3/c1-11(2,3)16-10(14)12-13-7-5-6-9(8-13)15-4/h5-8H,1-4H3/p+1. The molecule has 0 fully saturated rings. The molecule has 0 bridgehead atoms. The van der Waals surface area contributed by atoms with Crippen molar-refractivity contribution in [3.8, 4) is 5.75 Å². The molecular formula is C11H17N2O3+. The number of hydrogen-bond acceptors (Lipinski definition) is 3. The van der Waals surface area contributed by atoms with Gasteiger partial charge < -0.3 is 9.47 Å². The zero-order valence-corrected chi connectivity index (χ0v) is 9.98. The van der Waals surface area contributed by atoms with Crippen LogP contribution in [0.3, 0.4) is 0 Å². The molecule has 1 aromatic heterocycles. The van der Waals surface area contributed by atoms with Gasteiger partial charge in [-0.1, -0.05) is 10.1 Å². The number of pyridine rings is 1. The van der Waals surface area contributed by atoms with Crippen LogP contribution in [0.15, 0.2) is 24.5 Å². The van der Waals surface area contributed by atoms with Gasteiger partial charge in [-0.3, -0.25) is 0 Å². The number of nitrogens with one attached hydrogen (secondary N) is 1. The highest BCUT2D eigenvalue weighted by Crippen LogP contribution is 2.06. The van der Waals surface area contributed by atoms with Crippen LogP contribution < -0.4 is 14.8 Å². The zero-order chi connectivity index (χ0) is 12.2. The Morgan fingerprint density at radius 1 is 1.44 bits per heavy atom. The van der Waals surface area contributed by atoms with Crippen molar-refractivity contribution in [3.63, 3.8) is 0 Å². The molecule has 0 unspecified atom stereocenters. The summed E-state index contributed by atoms with van der Waals surface area (Å²) in [5.41, 5.74) is 2.04. The maximum absolute atomic E-state index is 11.4. The van der Waals surface area contributed by atoms with Gasteiger partial charge in [0.05, 0.1) is 7.11 Å². The summed E-state index contributed by atoms with van der Waals surface area (Å²) < 4.78 is 11.6. The summed E-state index contributed by atoms with van der Waals surface area (Å²) >= 11 is 0. The minimum atomic E-state index is -0.510. The molecule has 0 saturated carbocycles. The molecular weight excluding hydrogens is 208 g/mol. The van der Waals surface area contributed by atoms with E-state index in [1.165, 1.54) is 4.68 Å². The van der Waals surface area contributed by atoms with Crippen LogP contribution >= 0.6 is 0 Å². The Labute approximate surface area is 95.0 Å². The molecule has 88 valence electrons. The third-order valence-corrected chi connectivity index (χ3v) is 1.63. The Kier molecular flexibility index (Phi) is 3.71. The number of hydrogen-bond donors (Lipinski definition) is 1. The van der Waals surface area contributed by atoms with Crippen molar-refractivity contribution in [1.29, 1.82) is 0 Å². The first-order valence-corrected chi connectivity index (χ1v) is 4.96. The lowest BCUT2D eigenvalue weighted by Crippen LogP contribution is -2.49. The van der Waals surface area contributed by atoms with Crippen LogP contribution in [0.5, 0.6) is 5.75 Å². The molecule has 16 heavy (non-hydrogen) atoms. The van der Waals surface area contributed by atoms with Gasteiger partial charge in [-0.25, -0.2) is 4.79 Å². The lowest BCUT2D eigenvalue weighted by molar-refractivity contribution is -0.643. The van der Waals surface area contributed by atoms with Crippen molar-refractivity contribution >= 4 is 6.09 Å². The molecule has 0 atom stereocenters. The fourth-order valence-corrected chi connectivity index (χ4v) is 1.05. The summed E-state index contributed by atoms with van der Waals surface area (Å²) in [5.74, 6) is 0.651. The van der Waals surface area contributed by atoms with E-state index in [2.05, 4.69) is 5.43 Å². The molecule has 1 aromatic rings. The Hall–Kier alpha value is -1.78. The van der Waals surface area contributed by atoms with Crippen LogP contribution in [0.25, 0.3) is 0 Å². The topological polar surface area (TPSA) is 51.4 Å². The molecule has 0 saturated heterocycles. The van der Waals surface area contributed by atoms with Crippen LogP contribution in [0.4, 0.5) is 4.79 Å². The monoisotopic (exact) mass is 225 g/mol. The summed E-state index contributed by atoms with van der Waals surface area (Å²) in [6, 6.07) is 3.55. The van der Waals surface area contributed by atoms with Crippen molar-refractivity contribution in [2.75, 3.05) is 12.5 Å². The normalized spacial score (nSPS) is 10.8. The number of carbonyl (C=O) groups is 1. The maximum atomic E-state index is 11.4. The molecule has 5 nitrogen and oxygen atoms in total. The second kappa shape index (κ2) is 4.83. The summed E-state index contributed by atoms with van der Waals surface area (Å²) in [4.78, 5) is 11.4. The van der Waals surface area contributed by atoms with E-state index in [4.69, 9.17) is 9.47 Å². The molecule has 1 amide bonds. The van der Waals surface area contributed by atoms with Crippen molar-refractivity contribution in [2.24, 2.45) is 0 Å². The highest BCUT2D eigenvalue weighted by atomic mass is 16.6. The van der Waals surface area contributed by atoms with E-state index in [9.17, 15) is 4.79 Å². The van der Waals surface area contributed by atoms with Crippen LogP contribution in [0, 0.1) is 0 Å². The van der Waals surface area contributed by atoms with Crippen LogP contribution in [-0.4, -0.2) is 18.8 Å². The predicted molar refractivity (Wildman–Crippen MR) is 58.8 cm³/mol. The van der Waals surface area contributed by atoms with E-state index >= 15 is 0 Å². The number of methoxy groups -OCH3 is 1. The lowest BCUT2D eigenvalue weighted by Gasteiger charge is -2.17. The molecule has 0 spiro atoms. The summed E-state index contributed by atoms with van der Waals surface area (Å²) in [6.45, 7) is 5.43. The van der Waals surface area contributed by atoms with E-state index in [-0.39, 0.29) is 0 Å². The Balaban J connectivity index is 2.62. The first kappa shape index (κ1) is 12.3. The van der Waals surface area contributed by atoms with Gasteiger partial charge in [0.2, 0.25) is 6.20 Å². The van der Waals surface area contributed by atoms with Crippen LogP contribution in [0.2, 0.25) is 0 Å². The van der Waals surface area contributed by atoms with Gasteiger partial charge in [0.1, 0.15) is 5.60 Å². The van der Waals surface area contributed by atoms with Gasteiger partial charge in [-0.05, 0) is 26.8 Å². The first-order chi connectivity index (χ1) is 7.40. The second-order valence-corrected chi connectivity index (χ2v) is 4.26. The van der Waals surface area contributed by atoms with E-state index in [0.29, 0.717) is 5.75 Å². The molecule has 0 aromatic carbocycles. The van der Waals surface area contributed by atoms with E-state index in [1.807, 2.05) is 20.8 Å². The molecule has 0 radical (unpaired) electrons. The molecule has 1 N–H and O–H groups in total. The SMILES string of the molecule is COc1ccc[n+](NC(=O)OC(C)(C)C)c1. The number of aromatic nitrogens is 1. The van der Waals surface area contributed by atoms with Gasteiger partial charge in [0.25, 0.3) is 0 Å². The van der Waals surface area contributed by atoms with E-state index in [1.54, 1.807) is 31.6 Å². The predicted octanol–water partition coefficient (Wildman–Crippen LogP) is 1.46. The van der Waals surface area contributed by atoms with E-state index in [0.717, 1.165) is 0 Å². The number of ether oxygens (including phenoxy) is 2. The molecule has 1 rings (SSSR count). The first-order valence-electron chi connectivity index (χ1n) is 4.96. The molecule has 5 heteroatoms. The third kappa shape index (κ3) is 4.16. The smallest absolute Gasteiger partial charge is 0.461 e. The minimum Gasteiger partial charge on any atom is -0.491 e. The van der Waals surface area contributed by atoms with Crippen molar-refractivity contribution in [2.45, 2.75) is 26.4 Å². The summed E-state index contributed by atoms with van der Waals surface area (Å²) in [6.07, 6.45) is 2.82. The number of carbonyl (C=O) groups excluding carboxylic acids is 1. The highest BCUT2D eigenvalue weighted by Gasteiger charge is 2.18. The molecule has 0 aliphatic carbocycles. The minimum absolute atomic E-state index is 0.509. The average molecular weight is 225 g/mol. The van der Waals surface area contributed by atoms with Gasteiger partial charge in [0, 0.05) is 6.07 Å². The van der Waals surface area contributed by atoms with Gasteiger partial charge in [-0.2, -0.15) is 0 Å². The second-order valence-electron chi connectivity index (χ2n) is 4.26. The third-order valence-electron chi connectivity index (χ3n) is 1.63. The van der Waals surface area contributed by atoms with Gasteiger partial charge >= 0.3 is 6.09 Å². The Bertz CT molecular complexity index is 372. The zero-order valence-electron chi connectivity index (χ0n) is 9.98. The van der Waals surface area contributed by atoms with Crippen molar-refractivity contribution in [1.82, 2.24) is 0 Å². The van der Waals surface area contributed by atoms with Crippen molar-refractivity contribution in [3.05, 3.63) is 24.5 Å². The van der Waals surface area contributed by atoms with Crippen LogP contribution in [0.1, 0.15) is 20.8 Å². The lowest BCUT2D eigenvalue weighted by atomic mass is 10.2. The Morgan fingerprint density at radius 3 is 2.69 bits per heavy atom. The molecule has 0 aliphatic rings. The largest absolute Gasteiger partial charge is 0.491 e. The molecule has 1 heterocycles. The van der Waals surface area contributed by atoms with Crippen molar-refractivity contribution < 1.29 is 18.9 Å². The quantitative estimate of drug-likeness (QED) is 0.775. The summed E-state index contributed by atoms with van der Waals surface area (Å²) in [7, 11) is 1.56. The maximum Gasteiger partial charge on any atom is 0.461 e. The fraction of sp³-hybridized carbons (Fsp3) is 0.455. The summed E-state index contributed by atoms with van der Waals surface area (Å²) in [5, 5.41) is 0. The highest BCUT2D eigenvalue weighted by molar-refractivity contribution is 5.74. The van der Waals surface area contributed by atoms with E-state index < -0.39 is 11.7 Å². The van der Waals surface area contributed by atoms with Gasteiger partial charge in [-0.15, -0.1) is 0 Å².